The predicted octanol–water partition coefficient (Wildman–Crippen LogP) is 0.0522. The first kappa shape index (κ1) is 13.0. The fourth-order valence-corrected chi connectivity index (χ4v) is 1.12. The van der Waals surface area contributed by atoms with Gasteiger partial charge in [-0.05, 0) is 6.92 Å². The maximum absolute atomic E-state index is 11.6. The smallest absolute Gasteiger partial charge is 0.242 e. The van der Waals surface area contributed by atoms with Crippen LogP contribution in [0.4, 0.5) is 0 Å². The molecule has 0 saturated carbocycles. The van der Waals surface area contributed by atoms with Gasteiger partial charge < -0.3 is 15.4 Å². The van der Waals surface area contributed by atoms with Crippen molar-refractivity contribution in [3.8, 4) is 0 Å². The van der Waals surface area contributed by atoms with Gasteiger partial charge in [-0.3, -0.25) is 9.59 Å². The van der Waals surface area contributed by atoms with Crippen molar-refractivity contribution in [3.63, 3.8) is 0 Å². The molecule has 1 saturated heterocycles. The average molecular weight is 228 g/mol. The van der Waals surface area contributed by atoms with Gasteiger partial charge in [0.2, 0.25) is 11.8 Å². The van der Waals surface area contributed by atoms with Crippen LogP contribution in [0.1, 0.15) is 27.7 Å². The molecule has 0 bridgehead atoms. The number of ether oxygens (including phenoxy) is 1. The lowest BCUT2D eigenvalue weighted by Crippen LogP contribution is -2.55. The average Bonchev–Trinajstić information content (AvgIpc) is 2.09. The van der Waals surface area contributed by atoms with E-state index in [2.05, 4.69) is 10.6 Å². The number of carbonyl (C=O) groups is 2. The molecule has 1 unspecified atom stereocenters. The van der Waals surface area contributed by atoms with Crippen LogP contribution in [0.25, 0.3) is 0 Å². The van der Waals surface area contributed by atoms with E-state index in [1.807, 2.05) is 20.8 Å². The summed E-state index contributed by atoms with van der Waals surface area (Å²) in [4.78, 5) is 23.3. The molecule has 0 aromatic rings. The molecule has 2 N–H and O–H groups in total. The highest BCUT2D eigenvalue weighted by molar-refractivity contribution is 5.89. The van der Waals surface area contributed by atoms with Gasteiger partial charge in [0.1, 0.15) is 6.04 Å². The summed E-state index contributed by atoms with van der Waals surface area (Å²) in [6, 6.07) is -0.409. The number of nitrogens with one attached hydrogen (secondary N) is 2. The van der Waals surface area contributed by atoms with E-state index in [0.29, 0.717) is 13.2 Å². The molecular formula is C11H20N2O3. The Hall–Kier alpha value is -1.10. The summed E-state index contributed by atoms with van der Waals surface area (Å²) in [5.74, 6) is -0.286. The molecule has 0 aromatic carbocycles. The number of amides is 2. The van der Waals surface area contributed by atoms with E-state index < -0.39 is 11.5 Å². The Labute approximate surface area is 95.9 Å². The van der Waals surface area contributed by atoms with E-state index in [1.54, 1.807) is 6.92 Å². The molecule has 1 heterocycles. The second-order valence-electron chi connectivity index (χ2n) is 5.19. The minimum Gasteiger partial charge on any atom is -0.377 e. The molecule has 0 radical (unpaired) electrons. The molecule has 1 aliphatic rings. The van der Waals surface area contributed by atoms with Crippen molar-refractivity contribution in [1.82, 2.24) is 10.6 Å². The van der Waals surface area contributed by atoms with Crippen LogP contribution in [-0.2, 0) is 14.3 Å². The van der Waals surface area contributed by atoms with Gasteiger partial charge in [0.05, 0.1) is 19.3 Å². The third-order valence-corrected chi connectivity index (χ3v) is 2.41. The molecule has 5 nitrogen and oxygen atoms in total. The van der Waals surface area contributed by atoms with Gasteiger partial charge in [-0.2, -0.15) is 0 Å². The Morgan fingerprint density at radius 1 is 1.31 bits per heavy atom. The maximum atomic E-state index is 11.6. The van der Waals surface area contributed by atoms with Gasteiger partial charge >= 0.3 is 0 Å². The first-order chi connectivity index (χ1) is 7.30. The number of carbonyl (C=O) groups excluding carboxylic acids is 2. The van der Waals surface area contributed by atoms with Gasteiger partial charge in [0.15, 0.2) is 0 Å². The fourth-order valence-electron chi connectivity index (χ4n) is 1.12. The van der Waals surface area contributed by atoms with E-state index in [9.17, 15) is 9.59 Å². The number of hydrogen-bond donors (Lipinski definition) is 2. The summed E-state index contributed by atoms with van der Waals surface area (Å²) in [6.45, 7) is 8.24. The van der Waals surface area contributed by atoms with Crippen molar-refractivity contribution in [2.45, 2.75) is 39.8 Å². The highest BCUT2D eigenvalue weighted by atomic mass is 16.5. The molecule has 16 heavy (non-hydrogen) atoms. The quantitative estimate of drug-likeness (QED) is 0.717. The molecule has 0 aromatic heterocycles. The van der Waals surface area contributed by atoms with Crippen LogP contribution in [0.3, 0.4) is 0 Å². The molecule has 92 valence electrons. The van der Waals surface area contributed by atoms with E-state index in [0.717, 1.165) is 0 Å². The first-order valence-electron chi connectivity index (χ1n) is 5.50. The fraction of sp³-hybridized carbons (Fsp3) is 0.818. The molecule has 1 rings (SSSR count). The lowest BCUT2D eigenvalue weighted by atomic mass is 9.95. The Morgan fingerprint density at radius 2 is 1.88 bits per heavy atom. The minimum absolute atomic E-state index is 0.0986. The summed E-state index contributed by atoms with van der Waals surface area (Å²) < 4.78 is 4.95. The molecule has 0 aliphatic carbocycles. The van der Waals surface area contributed by atoms with Gasteiger partial charge in [0, 0.05) is 5.41 Å². The van der Waals surface area contributed by atoms with Gasteiger partial charge in [-0.15, -0.1) is 0 Å². The summed E-state index contributed by atoms with van der Waals surface area (Å²) in [5.41, 5.74) is -0.478. The Kier molecular flexibility index (Phi) is 3.91. The van der Waals surface area contributed by atoms with Gasteiger partial charge in [-0.1, -0.05) is 20.8 Å². The largest absolute Gasteiger partial charge is 0.377 e. The van der Waals surface area contributed by atoms with Crippen LogP contribution in [0, 0.1) is 5.41 Å². The van der Waals surface area contributed by atoms with Crippen molar-refractivity contribution in [2.75, 3.05) is 13.2 Å². The second-order valence-corrected chi connectivity index (χ2v) is 5.19. The topological polar surface area (TPSA) is 67.4 Å². The highest BCUT2D eigenvalue weighted by Gasteiger charge is 2.27. The van der Waals surface area contributed by atoms with Gasteiger partial charge in [0.25, 0.3) is 0 Å². The molecule has 1 atom stereocenters. The Balaban J connectivity index is 2.35. The molecule has 5 heteroatoms. The first-order valence-corrected chi connectivity index (χ1v) is 5.50. The standard InChI is InChI=1S/C11H20N2O3/c1-7(12-10(15)11(2,3)4)9(14)13-8-5-16-6-8/h7-8H,5-6H2,1-4H3,(H,12,15)(H,13,14). The monoisotopic (exact) mass is 228 g/mol. The molecule has 2 amide bonds. The highest BCUT2D eigenvalue weighted by Crippen LogP contribution is 2.12. The summed E-state index contributed by atoms with van der Waals surface area (Å²) in [5, 5.41) is 5.48. The Bertz CT molecular complexity index is 279. The normalized spacial score (nSPS) is 18.5. The Morgan fingerprint density at radius 3 is 2.25 bits per heavy atom. The van der Waals surface area contributed by atoms with Crippen LogP contribution >= 0.6 is 0 Å². The lowest BCUT2D eigenvalue weighted by molar-refractivity contribution is -0.134. The predicted molar refractivity (Wildman–Crippen MR) is 59.8 cm³/mol. The van der Waals surface area contributed by atoms with Crippen LogP contribution in [-0.4, -0.2) is 37.1 Å². The van der Waals surface area contributed by atoms with Gasteiger partial charge in [-0.25, -0.2) is 0 Å². The van der Waals surface area contributed by atoms with Crippen molar-refractivity contribution < 1.29 is 14.3 Å². The van der Waals surface area contributed by atoms with E-state index >= 15 is 0 Å². The summed E-state index contributed by atoms with van der Waals surface area (Å²) in [7, 11) is 0. The summed E-state index contributed by atoms with van der Waals surface area (Å²) >= 11 is 0. The lowest BCUT2D eigenvalue weighted by Gasteiger charge is -2.29. The van der Waals surface area contributed by atoms with Crippen LogP contribution < -0.4 is 10.6 Å². The summed E-state index contributed by atoms with van der Waals surface area (Å²) in [6.07, 6.45) is 0. The van der Waals surface area contributed by atoms with E-state index in [4.69, 9.17) is 4.74 Å². The van der Waals surface area contributed by atoms with E-state index in [-0.39, 0.29) is 17.9 Å². The van der Waals surface area contributed by atoms with Crippen molar-refractivity contribution >= 4 is 11.8 Å². The third kappa shape index (κ3) is 3.48. The zero-order valence-electron chi connectivity index (χ0n) is 10.3. The second kappa shape index (κ2) is 4.82. The van der Waals surface area contributed by atoms with Crippen molar-refractivity contribution in [3.05, 3.63) is 0 Å². The third-order valence-electron chi connectivity index (χ3n) is 2.41. The minimum atomic E-state index is -0.507. The molecule has 1 fully saturated rings. The van der Waals surface area contributed by atoms with Crippen molar-refractivity contribution in [2.24, 2.45) is 5.41 Å². The van der Waals surface area contributed by atoms with Crippen LogP contribution in [0.5, 0.6) is 0 Å². The molecular weight excluding hydrogens is 208 g/mol. The molecule has 0 spiro atoms. The number of hydrogen-bond acceptors (Lipinski definition) is 3. The number of rotatable bonds is 3. The van der Waals surface area contributed by atoms with E-state index in [1.165, 1.54) is 0 Å². The maximum Gasteiger partial charge on any atom is 0.242 e. The van der Waals surface area contributed by atoms with Crippen LogP contribution in [0.2, 0.25) is 0 Å². The van der Waals surface area contributed by atoms with Crippen LogP contribution in [0.15, 0.2) is 0 Å². The SMILES string of the molecule is CC(NC(=O)C(C)(C)C)C(=O)NC1COC1. The van der Waals surface area contributed by atoms with Crippen molar-refractivity contribution in [1.29, 1.82) is 0 Å². The molecule has 1 aliphatic heterocycles. The zero-order valence-corrected chi connectivity index (χ0v) is 10.3. The zero-order chi connectivity index (χ0) is 12.3.